The molecule has 1 fully saturated rings. The van der Waals surface area contributed by atoms with Gasteiger partial charge in [-0.05, 0) is 32.0 Å². The summed E-state index contributed by atoms with van der Waals surface area (Å²) in [7, 11) is 1.59. The van der Waals surface area contributed by atoms with E-state index < -0.39 is 0 Å². The highest BCUT2D eigenvalue weighted by Crippen LogP contribution is 2.22. The van der Waals surface area contributed by atoms with Crippen molar-refractivity contribution in [1.29, 1.82) is 0 Å². The number of hydrogen-bond acceptors (Lipinski definition) is 4. The third kappa shape index (κ3) is 4.21. The topological polar surface area (TPSA) is 94.7 Å². The van der Waals surface area contributed by atoms with Crippen LogP contribution in [0.4, 0.5) is 0 Å². The average molecular weight is 372 g/mol. The lowest BCUT2D eigenvalue weighted by molar-refractivity contribution is -0.139. The zero-order valence-corrected chi connectivity index (χ0v) is 15.7. The zero-order valence-electron chi connectivity index (χ0n) is 15.7. The number of aromatic nitrogens is 1. The molecule has 144 valence electrons. The van der Waals surface area contributed by atoms with Gasteiger partial charge < -0.3 is 24.8 Å². The maximum atomic E-state index is 12.8. The number of carbonyl (C=O) groups excluding carboxylic acids is 3. The van der Waals surface area contributed by atoms with Crippen LogP contribution in [0.2, 0.25) is 0 Å². The van der Waals surface area contributed by atoms with Gasteiger partial charge in [0.15, 0.2) is 0 Å². The summed E-state index contributed by atoms with van der Waals surface area (Å²) in [5.74, 6) is 0.0468. The highest BCUT2D eigenvalue weighted by atomic mass is 16.5. The predicted molar refractivity (Wildman–Crippen MR) is 101 cm³/mol. The van der Waals surface area contributed by atoms with Crippen molar-refractivity contribution in [2.75, 3.05) is 33.3 Å². The normalized spacial score (nSPS) is 14.7. The van der Waals surface area contributed by atoms with Crippen LogP contribution in [0.25, 0.3) is 10.9 Å². The lowest BCUT2D eigenvalue weighted by Crippen LogP contribution is -2.54. The third-order valence-electron chi connectivity index (χ3n) is 4.45. The van der Waals surface area contributed by atoms with E-state index in [1.54, 1.807) is 13.2 Å². The molecule has 1 saturated heterocycles. The van der Waals surface area contributed by atoms with E-state index in [1.165, 1.54) is 9.80 Å². The summed E-state index contributed by atoms with van der Waals surface area (Å²) in [6, 6.07) is 7.32. The van der Waals surface area contributed by atoms with Crippen LogP contribution >= 0.6 is 0 Å². The maximum Gasteiger partial charge on any atom is 0.270 e. The Balaban J connectivity index is 1.65. The van der Waals surface area contributed by atoms with Gasteiger partial charge in [-0.2, -0.15) is 0 Å². The van der Waals surface area contributed by atoms with E-state index in [0.29, 0.717) is 24.5 Å². The maximum absolute atomic E-state index is 12.8. The van der Waals surface area contributed by atoms with Gasteiger partial charge in [-0.1, -0.05) is 0 Å². The number of H-pyrrole nitrogens is 1. The van der Waals surface area contributed by atoms with Crippen molar-refractivity contribution >= 4 is 28.6 Å². The molecule has 0 atom stereocenters. The number of methoxy groups -OCH3 is 1. The van der Waals surface area contributed by atoms with Crippen LogP contribution in [0.1, 0.15) is 24.3 Å². The number of fused-ring (bicyclic) bond motifs is 1. The molecule has 0 saturated carbocycles. The standard InChI is InChI=1S/C19H24N4O4/c1-12(2)20-17(24)10-22-6-7-23(11-18(22)25)19(26)16-8-13-4-5-14(27-3)9-15(13)21-16/h4-5,8-9,12,21H,6-7,10-11H2,1-3H3,(H,20,24). The number of nitrogens with zero attached hydrogens (tertiary/aromatic N) is 2. The van der Waals surface area contributed by atoms with E-state index in [9.17, 15) is 14.4 Å². The Morgan fingerprint density at radius 3 is 2.70 bits per heavy atom. The van der Waals surface area contributed by atoms with Gasteiger partial charge in [0.05, 0.1) is 13.7 Å². The Labute approximate surface area is 157 Å². The minimum absolute atomic E-state index is 0.0191. The summed E-state index contributed by atoms with van der Waals surface area (Å²) >= 11 is 0. The number of hydrogen-bond donors (Lipinski definition) is 2. The lowest BCUT2D eigenvalue weighted by atomic mass is 10.2. The lowest BCUT2D eigenvalue weighted by Gasteiger charge is -2.33. The van der Waals surface area contributed by atoms with Crippen LogP contribution in [-0.2, 0) is 9.59 Å². The number of rotatable bonds is 5. The Bertz CT molecular complexity index is 874. The van der Waals surface area contributed by atoms with Crippen LogP contribution < -0.4 is 10.1 Å². The van der Waals surface area contributed by atoms with Gasteiger partial charge in [0, 0.05) is 36.1 Å². The minimum Gasteiger partial charge on any atom is -0.497 e. The van der Waals surface area contributed by atoms with E-state index in [0.717, 1.165) is 10.9 Å². The van der Waals surface area contributed by atoms with Gasteiger partial charge in [0.25, 0.3) is 5.91 Å². The third-order valence-corrected chi connectivity index (χ3v) is 4.45. The molecular formula is C19H24N4O4. The molecule has 0 bridgehead atoms. The molecule has 0 unspecified atom stereocenters. The monoisotopic (exact) mass is 372 g/mol. The minimum atomic E-state index is -0.232. The summed E-state index contributed by atoms with van der Waals surface area (Å²) in [5.41, 5.74) is 1.23. The second-order valence-electron chi connectivity index (χ2n) is 6.90. The largest absolute Gasteiger partial charge is 0.497 e. The van der Waals surface area contributed by atoms with E-state index in [-0.39, 0.29) is 36.9 Å². The fraction of sp³-hybridized carbons (Fsp3) is 0.421. The number of nitrogens with one attached hydrogen (secondary N) is 2. The van der Waals surface area contributed by atoms with Crippen molar-refractivity contribution < 1.29 is 19.1 Å². The second kappa shape index (κ2) is 7.69. The molecule has 1 aromatic heterocycles. The molecule has 2 N–H and O–H groups in total. The van der Waals surface area contributed by atoms with Crippen molar-refractivity contribution in [3.8, 4) is 5.75 Å². The fourth-order valence-electron chi connectivity index (χ4n) is 3.11. The summed E-state index contributed by atoms with van der Waals surface area (Å²) in [6.45, 7) is 4.44. The molecule has 1 aliphatic rings. The molecule has 8 nitrogen and oxygen atoms in total. The van der Waals surface area contributed by atoms with Crippen molar-refractivity contribution in [2.45, 2.75) is 19.9 Å². The molecule has 27 heavy (non-hydrogen) atoms. The Kier molecular flexibility index (Phi) is 5.34. The first kappa shape index (κ1) is 18.8. The van der Waals surface area contributed by atoms with Crippen molar-refractivity contribution in [1.82, 2.24) is 20.1 Å². The molecule has 3 amide bonds. The van der Waals surface area contributed by atoms with Crippen molar-refractivity contribution in [3.63, 3.8) is 0 Å². The Morgan fingerprint density at radius 1 is 1.26 bits per heavy atom. The number of aromatic amines is 1. The molecular weight excluding hydrogens is 348 g/mol. The first-order chi connectivity index (χ1) is 12.9. The van der Waals surface area contributed by atoms with E-state index in [4.69, 9.17) is 4.74 Å². The molecule has 3 rings (SSSR count). The van der Waals surface area contributed by atoms with Gasteiger partial charge in [-0.3, -0.25) is 14.4 Å². The van der Waals surface area contributed by atoms with Gasteiger partial charge >= 0.3 is 0 Å². The predicted octanol–water partition coefficient (Wildman–Crippen LogP) is 0.985. The Hall–Kier alpha value is -3.03. The quantitative estimate of drug-likeness (QED) is 0.818. The summed E-state index contributed by atoms with van der Waals surface area (Å²) in [5, 5.41) is 3.66. The summed E-state index contributed by atoms with van der Waals surface area (Å²) < 4.78 is 5.19. The Morgan fingerprint density at radius 2 is 2.04 bits per heavy atom. The van der Waals surface area contributed by atoms with Crippen LogP contribution in [0.5, 0.6) is 5.75 Å². The highest BCUT2D eigenvalue weighted by molar-refractivity contribution is 6.00. The van der Waals surface area contributed by atoms with Gasteiger partial charge in [-0.25, -0.2) is 0 Å². The van der Waals surface area contributed by atoms with Crippen LogP contribution in [0.3, 0.4) is 0 Å². The summed E-state index contributed by atoms with van der Waals surface area (Å²) in [6.07, 6.45) is 0. The van der Waals surface area contributed by atoms with Gasteiger partial charge in [0.1, 0.15) is 18.0 Å². The first-order valence-corrected chi connectivity index (χ1v) is 8.90. The molecule has 0 radical (unpaired) electrons. The molecule has 0 spiro atoms. The van der Waals surface area contributed by atoms with E-state index in [2.05, 4.69) is 10.3 Å². The molecule has 1 aliphatic heterocycles. The molecule has 1 aromatic carbocycles. The molecule has 0 aliphatic carbocycles. The number of carbonyl (C=O) groups is 3. The number of piperazine rings is 1. The van der Waals surface area contributed by atoms with Gasteiger partial charge in [-0.15, -0.1) is 0 Å². The van der Waals surface area contributed by atoms with Crippen LogP contribution in [0, 0.1) is 0 Å². The second-order valence-corrected chi connectivity index (χ2v) is 6.90. The zero-order chi connectivity index (χ0) is 19.6. The van der Waals surface area contributed by atoms with Crippen LogP contribution in [-0.4, -0.2) is 71.8 Å². The van der Waals surface area contributed by atoms with Crippen molar-refractivity contribution in [3.05, 3.63) is 30.0 Å². The molecule has 2 heterocycles. The highest BCUT2D eigenvalue weighted by Gasteiger charge is 2.29. The first-order valence-electron chi connectivity index (χ1n) is 8.90. The van der Waals surface area contributed by atoms with Gasteiger partial charge in [0.2, 0.25) is 11.8 Å². The number of ether oxygens (including phenoxy) is 1. The molecule has 2 aromatic rings. The van der Waals surface area contributed by atoms with Crippen molar-refractivity contribution in [2.24, 2.45) is 0 Å². The smallest absolute Gasteiger partial charge is 0.270 e. The number of amides is 3. The van der Waals surface area contributed by atoms with E-state index >= 15 is 0 Å². The van der Waals surface area contributed by atoms with Crippen LogP contribution in [0.15, 0.2) is 24.3 Å². The summed E-state index contributed by atoms with van der Waals surface area (Å²) in [4.78, 5) is 43.0. The number of benzene rings is 1. The molecule has 8 heteroatoms. The average Bonchev–Trinajstić information content (AvgIpc) is 3.05. The fourth-order valence-corrected chi connectivity index (χ4v) is 3.11. The SMILES string of the molecule is COc1ccc2cc(C(=O)N3CCN(CC(=O)NC(C)C)C(=O)C3)[nH]c2c1. The van der Waals surface area contributed by atoms with E-state index in [1.807, 2.05) is 32.0 Å².